The van der Waals surface area contributed by atoms with Crippen LogP contribution in [0.3, 0.4) is 0 Å². The van der Waals surface area contributed by atoms with Crippen LogP contribution in [0, 0.1) is 0 Å². The predicted octanol–water partition coefficient (Wildman–Crippen LogP) is -0.154. The number of hydrogen-bond acceptors (Lipinski definition) is 5. The molecule has 0 saturated carbocycles. The number of nitrogens with two attached hydrogens (primary N) is 1. The number of benzene rings is 1. The molecule has 6 nitrogen and oxygen atoms in total. The summed E-state index contributed by atoms with van der Waals surface area (Å²) in [5, 5.41) is 18.2. The van der Waals surface area contributed by atoms with Gasteiger partial charge >= 0.3 is 0 Å². The van der Waals surface area contributed by atoms with E-state index >= 15 is 0 Å². The van der Waals surface area contributed by atoms with Crippen LogP contribution in [0.25, 0.3) is 0 Å². The second-order valence-corrected chi connectivity index (χ2v) is 4.35. The molecular formula is C8H11NO5S. The Morgan fingerprint density at radius 1 is 1.20 bits per heavy atom. The van der Waals surface area contributed by atoms with E-state index in [2.05, 4.69) is 0 Å². The molecule has 0 unspecified atom stereocenters. The number of rotatable bonds is 3. The zero-order chi connectivity index (χ0) is 11.6. The van der Waals surface area contributed by atoms with E-state index in [-0.39, 0.29) is 18.5 Å². The van der Waals surface area contributed by atoms with Crippen LogP contribution in [0.5, 0.6) is 11.5 Å². The zero-order valence-electron chi connectivity index (χ0n) is 7.71. The minimum Gasteiger partial charge on any atom is -0.504 e. The Hall–Kier alpha value is -1.31. The average Bonchev–Trinajstić information content (AvgIpc) is 2.09. The van der Waals surface area contributed by atoms with Crippen molar-refractivity contribution in [2.45, 2.75) is 11.3 Å². The molecule has 1 aromatic rings. The van der Waals surface area contributed by atoms with Gasteiger partial charge in [0.25, 0.3) is 10.1 Å². The first kappa shape index (κ1) is 11.8. The van der Waals surface area contributed by atoms with Crippen molar-refractivity contribution in [3.05, 3.63) is 17.7 Å². The van der Waals surface area contributed by atoms with Gasteiger partial charge in [0.2, 0.25) is 0 Å². The Labute approximate surface area is 86.7 Å². The molecule has 84 valence electrons. The third-order valence-corrected chi connectivity index (χ3v) is 2.79. The molecule has 5 N–H and O–H groups in total. The van der Waals surface area contributed by atoms with Crippen molar-refractivity contribution < 1.29 is 23.2 Å². The second kappa shape index (κ2) is 4.05. The van der Waals surface area contributed by atoms with Gasteiger partial charge in [-0.2, -0.15) is 8.42 Å². The molecule has 1 rings (SSSR count). The number of hydrogen-bond donors (Lipinski definition) is 4. The molecule has 0 amide bonds. The molecule has 15 heavy (non-hydrogen) atoms. The Kier molecular flexibility index (Phi) is 3.18. The summed E-state index contributed by atoms with van der Waals surface area (Å²) in [6.07, 6.45) is 0.170. The fourth-order valence-electron chi connectivity index (χ4n) is 1.19. The molecule has 0 fully saturated rings. The van der Waals surface area contributed by atoms with Crippen molar-refractivity contribution in [2.24, 2.45) is 5.73 Å². The first-order chi connectivity index (χ1) is 6.86. The predicted molar refractivity (Wildman–Crippen MR) is 52.3 cm³/mol. The standard InChI is InChI=1S/C8H11NO5S/c9-2-1-5-3-6(10)7(11)4-8(5)15(12,13)14/h3-4,10-11H,1-2,9H2,(H,12,13,14). The van der Waals surface area contributed by atoms with Gasteiger partial charge in [-0.3, -0.25) is 4.55 Å². The minimum absolute atomic E-state index is 0.159. The van der Waals surface area contributed by atoms with E-state index in [0.29, 0.717) is 0 Å². The van der Waals surface area contributed by atoms with E-state index in [0.717, 1.165) is 12.1 Å². The van der Waals surface area contributed by atoms with Crippen LogP contribution in [0.4, 0.5) is 0 Å². The first-order valence-corrected chi connectivity index (χ1v) is 5.52. The maximum Gasteiger partial charge on any atom is 0.294 e. The van der Waals surface area contributed by atoms with Crippen molar-refractivity contribution in [3.63, 3.8) is 0 Å². The van der Waals surface area contributed by atoms with Crippen LogP contribution in [0.2, 0.25) is 0 Å². The molecule has 0 radical (unpaired) electrons. The minimum atomic E-state index is -4.42. The number of aromatic hydroxyl groups is 2. The largest absolute Gasteiger partial charge is 0.504 e. The van der Waals surface area contributed by atoms with Crippen LogP contribution in [0.1, 0.15) is 5.56 Å². The highest BCUT2D eigenvalue weighted by Crippen LogP contribution is 2.30. The topological polar surface area (TPSA) is 121 Å². The Morgan fingerprint density at radius 2 is 1.73 bits per heavy atom. The third-order valence-electron chi connectivity index (χ3n) is 1.85. The van der Waals surface area contributed by atoms with Gasteiger partial charge in [0.05, 0.1) is 0 Å². The van der Waals surface area contributed by atoms with Gasteiger partial charge in [-0.05, 0) is 24.6 Å². The number of phenols is 2. The zero-order valence-corrected chi connectivity index (χ0v) is 8.53. The summed E-state index contributed by atoms with van der Waals surface area (Å²) in [5.74, 6) is -1.06. The van der Waals surface area contributed by atoms with E-state index < -0.39 is 26.5 Å². The highest BCUT2D eigenvalue weighted by molar-refractivity contribution is 7.85. The molecule has 0 aliphatic carbocycles. The molecule has 0 aliphatic heterocycles. The SMILES string of the molecule is NCCc1cc(O)c(O)cc1S(=O)(=O)O. The maximum atomic E-state index is 10.9. The summed E-state index contributed by atoms with van der Waals surface area (Å²) >= 11 is 0. The summed E-state index contributed by atoms with van der Waals surface area (Å²) in [5.41, 5.74) is 5.40. The van der Waals surface area contributed by atoms with E-state index in [9.17, 15) is 8.42 Å². The highest BCUT2D eigenvalue weighted by Gasteiger charge is 2.18. The molecule has 0 atom stereocenters. The van der Waals surface area contributed by atoms with Gasteiger partial charge in [0, 0.05) is 6.07 Å². The lowest BCUT2D eigenvalue weighted by Gasteiger charge is -2.07. The molecule has 0 aromatic heterocycles. The van der Waals surface area contributed by atoms with Crippen molar-refractivity contribution in [1.29, 1.82) is 0 Å². The van der Waals surface area contributed by atoms with Crippen molar-refractivity contribution >= 4 is 10.1 Å². The average molecular weight is 233 g/mol. The quantitative estimate of drug-likeness (QED) is 0.425. The van der Waals surface area contributed by atoms with E-state index in [1.165, 1.54) is 0 Å². The summed E-state index contributed by atoms with van der Waals surface area (Å²) in [6, 6.07) is 1.85. The third kappa shape index (κ3) is 2.58. The van der Waals surface area contributed by atoms with Gasteiger partial charge in [-0.25, -0.2) is 0 Å². The lowest BCUT2D eigenvalue weighted by Crippen LogP contribution is -2.08. The fraction of sp³-hybridized carbons (Fsp3) is 0.250. The highest BCUT2D eigenvalue weighted by atomic mass is 32.2. The smallest absolute Gasteiger partial charge is 0.294 e. The van der Waals surface area contributed by atoms with E-state index in [1.54, 1.807) is 0 Å². The summed E-state index contributed by atoms with van der Waals surface area (Å²) in [7, 11) is -4.42. The lowest BCUT2D eigenvalue weighted by atomic mass is 10.1. The molecule has 0 saturated heterocycles. The van der Waals surface area contributed by atoms with E-state index in [4.69, 9.17) is 20.5 Å². The summed E-state index contributed by atoms with van der Waals surface area (Å²) in [4.78, 5) is -0.441. The molecule has 0 spiro atoms. The van der Waals surface area contributed by atoms with Gasteiger partial charge < -0.3 is 15.9 Å². The van der Waals surface area contributed by atoms with Crippen LogP contribution in [-0.2, 0) is 16.5 Å². The monoisotopic (exact) mass is 233 g/mol. The Morgan fingerprint density at radius 3 is 2.20 bits per heavy atom. The summed E-state index contributed by atoms with van der Waals surface area (Å²) in [6.45, 7) is 0.159. The van der Waals surface area contributed by atoms with Crippen LogP contribution >= 0.6 is 0 Å². The number of phenolic OH excluding ortho intramolecular Hbond substituents is 2. The van der Waals surface area contributed by atoms with Crippen LogP contribution in [-0.4, -0.2) is 29.7 Å². The van der Waals surface area contributed by atoms with Crippen molar-refractivity contribution in [3.8, 4) is 11.5 Å². The molecule has 7 heteroatoms. The van der Waals surface area contributed by atoms with Crippen LogP contribution in [0.15, 0.2) is 17.0 Å². The van der Waals surface area contributed by atoms with E-state index in [1.807, 2.05) is 0 Å². The maximum absolute atomic E-state index is 10.9. The Bertz CT molecular complexity index is 468. The molecule has 0 heterocycles. The van der Waals surface area contributed by atoms with Crippen molar-refractivity contribution in [2.75, 3.05) is 6.54 Å². The Balaban J connectivity index is 3.42. The second-order valence-electron chi connectivity index (χ2n) is 2.96. The van der Waals surface area contributed by atoms with Gasteiger partial charge in [0.15, 0.2) is 11.5 Å². The van der Waals surface area contributed by atoms with Gasteiger partial charge in [-0.1, -0.05) is 0 Å². The molecular weight excluding hydrogens is 222 g/mol. The van der Waals surface area contributed by atoms with Crippen molar-refractivity contribution in [1.82, 2.24) is 0 Å². The fourth-order valence-corrected chi connectivity index (χ4v) is 1.94. The van der Waals surface area contributed by atoms with Gasteiger partial charge in [-0.15, -0.1) is 0 Å². The van der Waals surface area contributed by atoms with Crippen LogP contribution < -0.4 is 5.73 Å². The lowest BCUT2D eigenvalue weighted by molar-refractivity contribution is 0.400. The first-order valence-electron chi connectivity index (χ1n) is 4.08. The summed E-state index contributed by atoms with van der Waals surface area (Å²) < 4.78 is 30.7. The molecule has 1 aromatic carbocycles. The van der Waals surface area contributed by atoms with Gasteiger partial charge in [0.1, 0.15) is 4.90 Å². The molecule has 0 bridgehead atoms. The molecule has 0 aliphatic rings. The normalized spacial score (nSPS) is 11.6.